The van der Waals surface area contributed by atoms with Crippen LogP contribution in [-0.2, 0) is 5.75 Å². The Bertz CT molecular complexity index is 235. The van der Waals surface area contributed by atoms with Gasteiger partial charge in [0.15, 0.2) is 0 Å². The van der Waals surface area contributed by atoms with E-state index in [1.807, 2.05) is 11.8 Å². The predicted molar refractivity (Wildman–Crippen MR) is 65.5 cm³/mol. The van der Waals surface area contributed by atoms with Gasteiger partial charge in [0, 0.05) is 17.5 Å². The van der Waals surface area contributed by atoms with Gasteiger partial charge in [0.25, 0.3) is 0 Å². The number of thioether (sulfide) groups is 1. The topological polar surface area (TPSA) is 26.0 Å². The van der Waals surface area contributed by atoms with Gasteiger partial charge in [-0.3, -0.25) is 0 Å². The van der Waals surface area contributed by atoms with Crippen molar-refractivity contribution in [1.29, 1.82) is 0 Å². The first-order valence-corrected chi connectivity index (χ1v) is 6.27. The molecule has 0 aromatic heterocycles. The fourth-order valence-electron chi connectivity index (χ4n) is 1.38. The summed E-state index contributed by atoms with van der Waals surface area (Å²) in [5, 5.41) is 0.625. The summed E-state index contributed by atoms with van der Waals surface area (Å²) in [6.07, 6.45) is 2.46. The van der Waals surface area contributed by atoms with Crippen molar-refractivity contribution in [2.45, 2.75) is 30.8 Å². The average Bonchev–Trinajstić information content (AvgIpc) is 2.25. The largest absolute Gasteiger partial charge is 0.329 e. The summed E-state index contributed by atoms with van der Waals surface area (Å²) >= 11 is 1.97. The van der Waals surface area contributed by atoms with Crippen molar-refractivity contribution in [3.8, 4) is 0 Å². The molecule has 0 amide bonds. The third kappa shape index (κ3) is 4.16. The summed E-state index contributed by atoms with van der Waals surface area (Å²) in [5.41, 5.74) is 7.10. The van der Waals surface area contributed by atoms with E-state index >= 15 is 0 Å². The van der Waals surface area contributed by atoms with E-state index in [4.69, 9.17) is 5.73 Å². The fourth-order valence-corrected chi connectivity index (χ4v) is 2.54. The molecule has 0 saturated carbocycles. The molecule has 0 aliphatic heterocycles. The normalized spacial score (nSPS) is 12.7. The Hall–Kier alpha value is -0.470. The summed E-state index contributed by atoms with van der Waals surface area (Å²) in [6, 6.07) is 10.6. The lowest BCUT2D eigenvalue weighted by atomic mass is 10.2. The van der Waals surface area contributed by atoms with Crippen LogP contribution in [0.1, 0.15) is 25.3 Å². The van der Waals surface area contributed by atoms with Crippen molar-refractivity contribution in [2.24, 2.45) is 5.73 Å². The lowest BCUT2D eigenvalue weighted by molar-refractivity contribution is 0.743. The second-order valence-electron chi connectivity index (χ2n) is 3.44. The van der Waals surface area contributed by atoms with E-state index in [1.54, 1.807) is 0 Å². The van der Waals surface area contributed by atoms with Crippen LogP contribution in [0.3, 0.4) is 0 Å². The Morgan fingerprint density at radius 3 is 2.57 bits per heavy atom. The molecule has 1 nitrogen and oxygen atoms in total. The van der Waals surface area contributed by atoms with Crippen LogP contribution in [0.15, 0.2) is 30.3 Å². The Morgan fingerprint density at radius 2 is 2.00 bits per heavy atom. The van der Waals surface area contributed by atoms with Crippen LogP contribution < -0.4 is 5.73 Å². The molecule has 0 spiro atoms. The zero-order valence-electron chi connectivity index (χ0n) is 8.78. The molecule has 0 fully saturated rings. The second kappa shape index (κ2) is 6.91. The number of rotatable bonds is 6. The van der Waals surface area contributed by atoms with Crippen molar-refractivity contribution in [1.82, 2.24) is 0 Å². The molecule has 1 aromatic carbocycles. The van der Waals surface area contributed by atoms with Crippen molar-refractivity contribution < 1.29 is 0 Å². The van der Waals surface area contributed by atoms with E-state index in [0.717, 1.165) is 12.3 Å². The van der Waals surface area contributed by atoms with Gasteiger partial charge in [-0.05, 0) is 12.0 Å². The van der Waals surface area contributed by atoms with Crippen LogP contribution in [0.4, 0.5) is 0 Å². The summed E-state index contributed by atoms with van der Waals surface area (Å²) in [4.78, 5) is 0. The maximum Gasteiger partial charge on any atom is 0.0187 e. The summed E-state index contributed by atoms with van der Waals surface area (Å²) in [5.74, 6) is 1.09. The van der Waals surface area contributed by atoms with Crippen molar-refractivity contribution in [2.75, 3.05) is 6.54 Å². The quantitative estimate of drug-likeness (QED) is 0.779. The number of hydrogen-bond acceptors (Lipinski definition) is 2. The highest BCUT2D eigenvalue weighted by Crippen LogP contribution is 2.20. The Balaban J connectivity index is 2.32. The molecule has 2 heteroatoms. The molecule has 0 unspecified atom stereocenters. The standard InChI is InChI=1S/C12H19NS/c1-2-6-12(9-13)14-10-11-7-4-3-5-8-11/h3-5,7-8,12H,2,6,9-10,13H2,1H3/t12-/m0/s1. The Labute approximate surface area is 91.1 Å². The van der Waals surface area contributed by atoms with Crippen molar-refractivity contribution in [3.63, 3.8) is 0 Å². The number of hydrogen-bond donors (Lipinski definition) is 1. The van der Waals surface area contributed by atoms with Gasteiger partial charge >= 0.3 is 0 Å². The molecular weight excluding hydrogens is 190 g/mol. The highest BCUT2D eigenvalue weighted by atomic mass is 32.2. The van der Waals surface area contributed by atoms with Gasteiger partial charge in [-0.2, -0.15) is 11.8 Å². The minimum atomic E-state index is 0.625. The number of benzene rings is 1. The van der Waals surface area contributed by atoms with Crippen LogP contribution >= 0.6 is 11.8 Å². The van der Waals surface area contributed by atoms with Crippen LogP contribution in [0.5, 0.6) is 0 Å². The minimum Gasteiger partial charge on any atom is -0.329 e. The van der Waals surface area contributed by atoms with E-state index in [2.05, 4.69) is 37.3 Å². The van der Waals surface area contributed by atoms with Gasteiger partial charge in [0.2, 0.25) is 0 Å². The van der Waals surface area contributed by atoms with Crippen LogP contribution in [-0.4, -0.2) is 11.8 Å². The van der Waals surface area contributed by atoms with Gasteiger partial charge in [-0.25, -0.2) is 0 Å². The zero-order chi connectivity index (χ0) is 10.2. The van der Waals surface area contributed by atoms with E-state index in [1.165, 1.54) is 18.4 Å². The summed E-state index contributed by atoms with van der Waals surface area (Å²) < 4.78 is 0. The van der Waals surface area contributed by atoms with Crippen molar-refractivity contribution in [3.05, 3.63) is 35.9 Å². The minimum absolute atomic E-state index is 0.625. The molecule has 78 valence electrons. The number of nitrogens with two attached hydrogens (primary N) is 1. The highest BCUT2D eigenvalue weighted by molar-refractivity contribution is 7.99. The first kappa shape index (κ1) is 11.6. The molecule has 2 N–H and O–H groups in total. The van der Waals surface area contributed by atoms with Gasteiger partial charge in [-0.1, -0.05) is 43.7 Å². The van der Waals surface area contributed by atoms with Gasteiger partial charge < -0.3 is 5.73 Å². The first-order chi connectivity index (χ1) is 6.86. The molecule has 1 atom stereocenters. The average molecular weight is 209 g/mol. The third-order valence-corrected chi connectivity index (χ3v) is 3.60. The lowest BCUT2D eigenvalue weighted by Gasteiger charge is -2.12. The highest BCUT2D eigenvalue weighted by Gasteiger charge is 2.05. The second-order valence-corrected chi connectivity index (χ2v) is 4.73. The van der Waals surface area contributed by atoms with Gasteiger partial charge in [0.1, 0.15) is 0 Å². The first-order valence-electron chi connectivity index (χ1n) is 5.22. The van der Waals surface area contributed by atoms with Gasteiger partial charge in [-0.15, -0.1) is 0 Å². The Kier molecular flexibility index (Phi) is 5.72. The molecule has 0 radical (unpaired) electrons. The predicted octanol–water partition coefficient (Wildman–Crippen LogP) is 3.05. The molecule has 1 aromatic rings. The van der Waals surface area contributed by atoms with E-state index in [0.29, 0.717) is 5.25 Å². The van der Waals surface area contributed by atoms with Crippen LogP contribution in [0, 0.1) is 0 Å². The maximum absolute atomic E-state index is 5.70. The van der Waals surface area contributed by atoms with E-state index in [-0.39, 0.29) is 0 Å². The van der Waals surface area contributed by atoms with Crippen LogP contribution in [0.25, 0.3) is 0 Å². The molecular formula is C12H19NS. The fraction of sp³-hybridized carbons (Fsp3) is 0.500. The SMILES string of the molecule is CCC[C@@H](CN)SCc1ccccc1. The Morgan fingerprint density at radius 1 is 1.29 bits per heavy atom. The van der Waals surface area contributed by atoms with Crippen LogP contribution in [0.2, 0.25) is 0 Å². The molecule has 0 heterocycles. The van der Waals surface area contributed by atoms with Gasteiger partial charge in [0.05, 0.1) is 0 Å². The molecule has 14 heavy (non-hydrogen) atoms. The maximum atomic E-state index is 5.70. The summed E-state index contributed by atoms with van der Waals surface area (Å²) in [7, 11) is 0. The van der Waals surface area contributed by atoms with Crippen molar-refractivity contribution >= 4 is 11.8 Å². The smallest absolute Gasteiger partial charge is 0.0187 e. The zero-order valence-corrected chi connectivity index (χ0v) is 9.59. The molecule has 0 aliphatic rings. The van der Waals surface area contributed by atoms with E-state index < -0.39 is 0 Å². The monoisotopic (exact) mass is 209 g/mol. The third-order valence-electron chi connectivity index (χ3n) is 2.20. The molecule has 0 saturated heterocycles. The molecule has 0 bridgehead atoms. The summed E-state index contributed by atoms with van der Waals surface area (Å²) in [6.45, 7) is 3.01. The van der Waals surface area contributed by atoms with E-state index in [9.17, 15) is 0 Å². The molecule has 1 rings (SSSR count). The molecule has 0 aliphatic carbocycles. The lowest BCUT2D eigenvalue weighted by Crippen LogP contribution is -2.16.